The predicted octanol–water partition coefficient (Wildman–Crippen LogP) is 3.47. The Kier molecular flexibility index (Phi) is 5.57. The summed E-state index contributed by atoms with van der Waals surface area (Å²) in [7, 11) is 0. The molecule has 1 unspecified atom stereocenters. The van der Waals surface area contributed by atoms with Gasteiger partial charge in [-0.1, -0.05) is 6.92 Å². The first kappa shape index (κ1) is 14.9. The van der Waals surface area contributed by atoms with Gasteiger partial charge in [-0.25, -0.2) is 8.78 Å². The number of nitrogens with two attached hydrogens (primary N) is 1. The van der Waals surface area contributed by atoms with Crippen LogP contribution in [0.2, 0.25) is 0 Å². The molecular formula is C13H16F2N2S. The van der Waals surface area contributed by atoms with E-state index in [1.807, 2.05) is 6.92 Å². The Balaban J connectivity index is 2.43. The van der Waals surface area contributed by atoms with Gasteiger partial charge in [0.15, 0.2) is 0 Å². The van der Waals surface area contributed by atoms with Crippen LogP contribution in [0.3, 0.4) is 0 Å². The molecule has 18 heavy (non-hydrogen) atoms. The summed E-state index contributed by atoms with van der Waals surface area (Å²) in [4.78, 5) is 0.297. The van der Waals surface area contributed by atoms with E-state index in [1.54, 1.807) is 0 Å². The van der Waals surface area contributed by atoms with Gasteiger partial charge in [-0.15, -0.1) is 11.8 Å². The lowest BCUT2D eigenvalue weighted by Gasteiger charge is -2.18. The normalized spacial score (nSPS) is 13.9. The third kappa shape index (κ3) is 4.28. The van der Waals surface area contributed by atoms with Gasteiger partial charge in [0.2, 0.25) is 0 Å². The highest BCUT2D eigenvalue weighted by Gasteiger charge is 2.21. The number of nitrogens with zero attached hydrogens (tertiary/aromatic N) is 1. The second-order valence-electron chi connectivity index (χ2n) is 4.15. The van der Waals surface area contributed by atoms with Crippen LogP contribution in [-0.4, -0.2) is 11.3 Å². The molecule has 0 aliphatic rings. The monoisotopic (exact) mass is 270 g/mol. The second kappa shape index (κ2) is 6.72. The van der Waals surface area contributed by atoms with Crippen LogP contribution in [0.1, 0.15) is 26.2 Å². The Morgan fingerprint density at radius 2 is 2.17 bits per heavy atom. The molecule has 1 rings (SSSR count). The van der Waals surface area contributed by atoms with E-state index in [0.717, 1.165) is 12.1 Å². The molecule has 1 aromatic rings. The van der Waals surface area contributed by atoms with E-state index >= 15 is 0 Å². The first-order chi connectivity index (χ1) is 8.50. The fourth-order valence-corrected chi connectivity index (χ4v) is 2.38. The molecular weight excluding hydrogens is 254 g/mol. The number of hydrogen-bond acceptors (Lipinski definition) is 3. The van der Waals surface area contributed by atoms with Gasteiger partial charge in [0, 0.05) is 4.90 Å². The third-order valence-electron chi connectivity index (χ3n) is 2.77. The van der Waals surface area contributed by atoms with Gasteiger partial charge < -0.3 is 5.73 Å². The molecule has 0 aliphatic carbocycles. The lowest BCUT2D eigenvalue weighted by molar-refractivity contribution is 0.478. The zero-order valence-electron chi connectivity index (χ0n) is 10.2. The predicted molar refractivity (Wildman–Crippen MR) is 69.1 cm³/mol. The molecule has 5 heteroatoms. The first-order valence-electron chi connectivity index (χ1n) is 5.79. The minimum absolute atomic E-state index is 0.297. The highest BCUT2D eigenvalue weighted by molar-refractivity contribution is 7.99. The van der Waals surface area contributed by atoms with E-state index in [1.165, 1.54) is 17.8 Å². The lowest BCUT2D eigenvalue weighted by atomic mass is 9.94. The highest BCUT2D eigenvalue weighted by Crippen LogP contribution is 2.25. The van der Waals surface area contributed by atoms with Gasteiger partial charge in [0.1, 0.15) is 17.2 Å². The van der Waals surface area contributed by atoms with Crippen LogP contribution >= 0.6 is 11.8 Å². The van der Waals surface area contributed by atoms with Crippen LogP contribution in [0.5, 0.6) is 0 Å². The summed E-state index contributed by atoms with van der Waals surface area (Å²) in [6.07, 6.45) is 1.84. The smallest absolute Gasteiger partial charge is 0.136 e. The maximum atomic E-state index is 13.3. The Hall–Kier alpha value is -1.12. The Bertz CT molecular complexity index is 445. The van der Waals surface area contributed by atoms with Gasteiger partial charge in [0.25, 0.3) is 0 Å². The zero-order chi connectivity index (χ0) is 13.6. The highest BCUT2D eigenvalue weighted by atomic mass is 32.2. The number of hydrogen-bond donors (Lipinski definition) is 1. The Morgan fingerprint density at radius 1 is 1.44 bits per heavy atom. The van der Waals surface area contributed by atoms with E-state index in [2.05, 4.69) is 6.07 Å². The summed E-state index contributed by atoms with van der Waals surface area (Å²) in [5, 5.41) is 8.89. The second-order valence-corrected chi connectivity index (χ2v) is 5.29. The average Bonchev–Trinajstić information content (AvgIpc) is 2.38. The molecule has 0 radical (unpaired) electrons. The van der Waals surface area contributed by atoms with Gasteiger partial charge in [-0.3, -0.25) is 0 Å². The van der Waals surface area contributed by atoms with Crippen LogP contribution in [0.15, 0.2) is 23.1 Å². The van der Waals surface area contributed by atoms with Crippen molar-refractivity contribution in [2.24, 2.45) is 5.73 Å². The van der Waals surface area contributed by atoms with Crippen molar-refractivity contribution in [1.82, 2.24) is 0 Å². The SMILES string of the molecule is CCC(N)(C#N)CCCSc1cc(F)ccc1F. The van der Waals surface area contributed by atoms with Crippen molar-refractivity contribution in [3.05, 3.63) is 29.8 Å². The lowest BCUT2D eigenvalue weighted by Crippen LogP contribution is -2.37. The van der Waals surface area contributed by atoms with E-state index in [0.29, 0.717) is 29.9 Å². The molecule has 0 saturated carbocycles. The van der Waals surface area contributed by atoms with Crippen molar-refractivity contribution in [3.8, 4) is 6.07 Å². The molecule has 0 heterocycles. The summed E-state index contributed by atoms with van der Waals surface area (Å²) >= 11 is 1.24. The summed E-state index contributed by atoms with van der Waals surface area (Å²) in [5.41, 5.74) is 5.02. The number of halogens is 2. The molecule has 0 bridgehead atoms. The molecule has 98 valence electrons. The molecule has 0 fully saturated rings. The van der Waals surface area contributed by atoms with Gasteiger partial charge >= 0.3 is 0 Å². The van der Waals surface area contributed by atoms with Crippen molar-refractivity contribution in [3.63, 3.8) is 0 Å². The van der Waals surface area contributed by atoms with E-state index in [-0.39, 0.29) is 0 Å². The fourth-order valence-electron chi connectivity index (χ4n) is 1.47. The minimum Gasteiger partial charge on any atom is -0.313 e. The molecule has 0 aliphatic heterocycles. The molecule has 2 nitrogen and oxygen atoms in total. The molecule has 0 saturated heterocycles. The standard InChI is InChI=1S/C13H16F2N2S/c1-2-13(17,9-16)6-3-7-18-12-8-10(14)4-5-11(12)15/h4-5,8H,2-3,6-7,17H2,1H3. The van der Waals surface area contributed by atoms with Crippen molar-refractivity contribution >= 4 is 11.8 Å². The summed E-state index contributed by atoms with van der Waals surface area (Å²) in [6, 6.07) is 5.47. The summed E-state index contributed by atoms with van der Waals surface area (Å²) < 4.78 is 26.2. The minimum atomic E-state index is -0.805. The summed E-state index contributed by atoms with van der Waals surface area (Å²) in [6.45, 7) is 1.86. The Labute approximate surface area is 110 Å². The largest absolute Gasteiger partial charge is 0.313 e. The van der Waals surface area contributed by atoms with E-state index < -0.39 is 17.2 Å². The third-order valence-corrected chi connectivity index (χ3v) is 3.89. The van der Waals surface area contributed by atoms with Crippen molar-refractivity contribution < 1.29 is 8.78 Å². The molecule has 0 spiro atoms. The summed E-state index contributed by atoms with van der Waals surface area (Å²) in [5.74, 6) is -0.255. The molecule has 1 aromatic carbocycles. The van der Waals surface area contributed by atoms with Crippen molar-refractivity contribution in [2.45, 2.75) is 36.6 Å². The maximum Gasteiger partial charge on any atom is 0.136 e. The van der Waals surface area contributed by atoms with Crippen LogP contribution in [0.4, 0.5) is 8.78 Å². The Morgan fingerprint density at radius 3 is 2.78 bits per heavy atom. The first-order valence-corrected chi connectivity index (χ1v) is 6.77. The van der Waals surface area contributed by atoms with Crippen molar-refractivity contribution in [2.75, 3.05) is 5.75 Å². The average molecular weight is 270 g/mol. The number of nitriles is 1. The number of benzene rings is 1. The quantitative estimate of drug-likeness (QED) is 0.636. The van der Waals surface area contributed by atoms with Gasteiger partial charge in [-0.2, -0.15) is 5.26 Å². The molecule has 0 aromatic heterocycles. The topological polar surface area (TPSA) is 49.8 Å². The van der Waals surface area contributed by atoms with E-state index in [4.69, 9.17) is 11.0 Å². The van der Waals surface area contributed by atoms with E-state index in [9.17, 15) is 8.78 Å². The fraction of sp³-hybridized carbons (Fsp3) is 0.462. The van der Waals surface area contributed by atoms with Crippen LogP contribution < -0.4 is 5.73 Å². The van der Waals surface area contributed by atoms with Crippen LogP contribution in [-0.2, 0) is 0 Å². The maximum absolute atomic E-state index is 13.3. The molecule has 2 N–H and O–H groups in total. The molecule has 1 atom stereocenters. The van der Waals surface area contributed by atoms with Gasteiger partial charge in [0.05, 0.1) is 6.07 Å². The molecule has 0 amide bonds. The van der Waals surface area contributed by atoms with Crippen LogP contribution in [0, 0.1) is 23.0 Å². The zero-order valence-corrected chi connectivity index (χ0v) is 11.1. The number of thioether (sulfide) groups is 1. The van der Waals surface area contributed by atoms with Crippen molar-refractivity contribution in [1.29, 1.82) is 5.26 Å². The number of rotatable bonds is 6. The van der Waals surface area contributed by atoms with Gasteiger partial charge in [-0.05, 0) is 43.2 Å². The van der Waals surface area contributed by atoms with Crippen LogP contribution in [0.25, 0.3) is 0 Å².